The summed E-state index contributed by atoms with van der Waals surface area (Å²) in [6.07, 6.45) is -0.728. The first-order valence-electron chi connectivity index (χ1n) is 10.00. The Labute approximate surface area is 178 Å². The van der Waals surface area contributed by atoms with Crippen molar-refractivity contribution in [2.45, 2.75) is 40.3 Å². The normalized spacial score (nSPS) is 12.1. The van der Waals surface area contributed by atoms with Crippen molar-refractivity contribution in [1.29, 1.82) is 0 Å². The lowest BCUT2D eigenvalue weighted by atomic mass is 10.1. The van der Waals surface area contributed by atoms with Crippen molar-refractivity contribution < 1.29 is 13.9 Å². The molecule has 0 bridgehead atoms. The number of aryl methyl sites for hydroxylation is 3. The van der Waals surface area contributed by atoms with Gasteiger partial charge in [-0.15, -0.1) is 10.2 Å². The lowest BCUT2D eigenvalue weighted by Crippen LogP contribution is -2.23. The summed E-state index contributed by atoms with van der Waals surface area (Å²) in [5.41, 5.74) is 3.71. The zero-order chi connectivity index (χ0) is 22.1. The predicted octanol–water partition coefficient (Wildman–Crippen LogP) is 4.00. The highest BCUT2D eigenvalue weighted by Gasteiger charge is 2.21. The van der Waals surface area contributed by atoms with Crippen LogP contribution >= 0.6 is 0 Å². The number of rotatable bonds is 5. The van der Waals surface area contributed by atoms with Crippen molar-refractivity contribution in [2.24, 2.45) is 0 Å². The third-order valence-electron chi connectivity index (χ3n) is 5.03. The Morgan fingerprint density at radius 2 is 1.87 bits per heavy atom. The first kappa shape index (κ1) is 20.5. The van der Waals surface area contributed by atoms with E-state index >= 15 is 0 Å². The minimum absolute atomic E-state index is 0.139. The fraction of sp³-hybridized carbons (Fsp3) is 0.261. The minimum Gasteiger partial charge on any atom is -0.449 e. The van der Waals surface area contributed by atoms with Crippen LogP contribution in [0.5, 0.6) is 0 Å². The molecule has 2 aromatic heterocycles. The highest BCUT2D eigenvalue weighted by atomic mass is 16.6. The van der Waals surface area contributed by atoms with E-state index in [1.54, 1.807) is 36.6 Å². The molecular weight excluding hydrogens is 396 g/mol. The van der Waals surface area contributed by atoms with Gasteiger partial charge in [-0.25, -0.2) is 9.78 Å². The molecule has 0 saturated carbocycles. The van der Waals surface area contributed by atoms with E-state index in [0.717, 1.165) is 11.1 Å². The van der Waals surface area contributed by atoms with Gasteiger partial charge in [-0.3, -0.25) is 4.79 Å². The van der Waals surface area contributed by atoms with Crippen LogP contribution in [0.2, 0.25) is 0 Å². The lowest BCUT2D eigenvalue weighted by molar-refractivity contribution is 0.0280. The fourth-order valence-corrected chi connectivity index (χ4v) is 3.31. The molecule has 1 atom stereocenters. The average molecular weight is 418 g/mol. The van der Waals surface area contributed by atoms with Crippen molar-refractivity contribution in [3.8, 4) is 11.5 Å². The van der Waals surface area contributed by atoms with Gasteiger partial charge in [0.2, 0.25) is 5.89 Å². The zero-order valence-corrected chi connectivity index (χ0v) is 17.7. The van der Waals surface area contributed by atoms with E-state index < -0.39 is 12.1 Å². The number of carbonyl (C=O) groups is 1. The van der Waals surface area contributed by atoms with Gasteiger partial charge in [0.05, 0.1) is 16.6 Å². The van der Waals surface area contributed by atoms with Gasteiger partial charge in [0.1, 0.15) is 5.69 Å². The van der Waals surface area contributed by atoms with Gasteiger partial charge in [-0.1, -0.05) is 17.7 Å². The highest BCUT2D eigenvalue weighted by Crippen LogP contribution is 2.24. The van der Waals surface area contributed by atoms with Crippen molar-refractivity contribution in [1.82, 2.24) is 19.7 Å². The van der Waals surface area contributed by atoms with Gasteiger partial charge in [0.25, 0.3) is 11.4 Å². The summed E-state index contributed by atoms with van der Waals surface area (Å²) in [6.45, 7) is 7.72. The van der Waals surface area contributed by atoms with Crippen LogP contribution in [0.4, 0.5) is 0 Å². The van der Waals surface area contributed by atoms with Crippen LogP contribution in [-0.2, 0) is 11.3 Å². The Bertz CT molecular complexity index is 1320. The van der Waals surface area contributed by atoms with Gasteiger partial charge >= 0.3 is 5.97 Å². The molecule has 8 heteroatoms. The maximum atomic E-state index is 12.7. The van der Waals surface area contributed by atoms with Crippen LogP contribution < -0.4 is 5.56 Å². The average Bonchev–Trinajstić information content (AvgIpc) is 3.25. The summed E-state index contributed by atoms with van der Waals surface area (Å²) in [6, 6.07) is 12.6. The molecule has 0 aliphatic carbocycles. The summed E-state index contributed by atoms with van der Waals surface area (Å²) in [7, 11) is 0. The first-order chi connectivity index (χ1) is 14.9. The molecule has 2 aromatic carbocycles. The van der Waals surface area contributed by atoms with Crippen molar-refractivity contribution in [3.05, 3.63) is 75.5 Å². The Morgan fingerprint density at radius 3 is 2.58 bits per heavy atom. The number of aromatic nitrogens is 4. The van der Waals surface area contributed by atoms with Crippen LogP contribution in [0.15, 0.2) is 51.7 Å². The molecule has 4 rings (SSSR count). The highest BCUT2D eigenvalue weighted by molar-refractivity contribution is 5.93. The molecule has 8 nitrogen and oxygen atoms in total. The van der Waals surface area contributed by atoms with Crippen molar-refractivity contribution >= 4 is 17.0 Å². The van der Waals surface area contributed by atoms with E-state index in [0.29, 0.717) is 34.7 Å². The number of ether oxygens (including phenoxy) is 1. The van der Waals surface area contributed by atoms with Crippen LogP contribution in [0.3, 0.4) is 0 Å². The van der Waals surface area contributed by atoms with Crippen LogP contribution in [0.1, 0.15) is 47.5 Å². The number of esters is 1. The van der Waals surface area contributed by atoms with Gasteiger partial charge in [0.15, 0.2) is 6.10 Å². The molecular formula is C23H22N4O4. The SMILES string of the molecule is CCn1c(=O)c(C)nc2cc(C(=O)O[C@H](C)c3nnc(-c4ccc(C)cc4)o3)ccc21. The molecule has 0 unspecified atom stereocenters. The topological polar surface area (TPSA) is 100 Å². The predicted molar refractivity (Wildman–Crippen MR) is 115 cm³/mol. The fourth-order valence-electron chi connectivity index (χ4n) is 3.31. The van der Waals surface area contributed by atoms with E-state index in [1.807, 2.05) is 38.1 Å². The van der Waals surface area contributed by atoms with Gasteiger partial charge < -0.3 is 13.7 Å². The molecule has 4 aromatic rings. The van der Waals surface area contributed by atoms with Crippen LogP contribution in [0.25, 0.3) is 22.5 Å². The maximum absolute atomic E-state index is 12.7. The number of hydrogen-bond donors (Lipinski definition) is 0. The maximum Gasteiger partial charge on any atom is 0.338 e. The van der Waals surface area contributed by atoms with Crippen molar-refractivity contribution in [2.75, 3.05) is 0 Å². The number of carbonyl (C=O) groups excluding carboxylic acids is 1. The van der Waals surface area contributed by atoms with E-state index in [-0.39, 0.29) is 11.4 Å². The molecule has 0 N–H and O–H groups in total. The largest absolute Gasteiger partial charge is 0.449 e. The van der Waals surface area contributed by atoms with E-state index in [2.05, 4.69) is 15.2 Å². The van der Waals surface area contributed by atoms with E-state index in [9.17, 15) is 9.59 Å². The minimum atomic E-state index is -0.728. The summed E-state index contributed by atoms with van der Waals surface area (Å²) in [5.74, 6) is 0.0255. The van der Waals surface area contributed by atoms with Crippen LogP contribution in [-0.4, -0.2) is 25.7 Å². The summed E-state index contributed by atoms with van der Waals surface area (Å²) < 4.78 is 12.8. The summed E-state index contributed by atoms with van der Waals surface area (Å²) >= 11 is 0. The lowest BCUT2D eigenvalue weighted by Gasteiger charge is -2.12. The van der Waals surface area contributed by atoms with E-state index in [1.165, 1.54) is 0 Å². The smallest absolute Gasteiger partial charge is 0.338 e. The molecule has 0 radical (unpaired) electrons. The molecule has 2 heterocycles. The molecule has 0 saturated heterocycles. The molecule has 0 aliphatic heterocycles. The first-order valence-corrected chi connectivity index (χ1v) is 10.00. The van der Waals surface area contributed by atoms with Crippen LogP contribution in [0, 0.1) is 13.8 Å². The second-order valence-electron chi connectivity index (χ2n) is 7.31. The van der Waals surface area contributed by atoms with Crippen molar-refractivity contribution in [3.63, 3.8) is 0 Å². The number of fused-ring (bicyclic) bond motifs is 1. The molecule has 31 heavy (non-hydrogen) atoms. The standard InChI is InChI=1S/C23H22N4O4/c1-5-27-19-11-10-17(12-18(19)24-14(3)22(27)28)23(29)30-15(4)20-25-26-21(31-20)16-8-6-13(2)7-9-16/h6-12,15H,5H2,1-4H3/t15-/m1/s1. The number of nitrogens with zero attached hydrogens (tertiary/aromatic N) is 4. The second kappa shape index (κ2) is 8.14. The third kappa shape index (κ3) is 3.96. The van der Waals surface area contributed by atoms with E-state index in [4.69, 9.17) is 9.15 Å². The summed E-state index contributed by atoms with van der Waals surface area (Å²) in [4.78, 5) is 29.3. The Kier molecular flexibility index (Phi) is 5.37. The van der Waals surface area contributed by atoms with Gasteiger partial charge in [-0.2, -0.15) is 0 Å². The zero-order valence-electron chi connectivity index (χ0n) is 17.7. The molecule has 158 valence electrons. The molecule has 0 spiro atoms. The molecule has 0 amide bonds. The van der Waals surface area contributed by atoms with Gasteiger partial charge in [-0.05, 0) is 58.0 Å². The molecule has 0 fully saturated rings. The number of benzene rings is 2. The Morgan fingerprint density at radius 1 is 1.13 bits per heavy atom. The summed E-state index contributed by atoms with van der Waals surface area (Å²) in [5, 5.41) is 8.06. The third-order valence-corrected chi connectivity index (χ3v) is 5.03. The second-order valence-corrected chi connectivity index (χ2v) is 7.31. The quantitative estimate of drug-likeness (QED) is 0.452. The Hall–Kier alpha value is -3.81. The number of hydrogen-bond acceptors (Lipinski definition) is 7. The molecule has 0 aliphatic rings. The Balaban J connectivity index is 1.55. The monoisotopic (exact) mass is 418 g/mol. The van der Waals surface area contributed by atoms with Gasteiger partial charge in [0, 0.05) is 12.1 Å².